The van der Waals surface area contributed by atoms with Gasteiger partial charge in [0.25, 0.3) is 11.6 Å². The number of nitrogens with zero attached hydrogens (tertiary/aromatic N) is 2. The number of anilines is 1. The lowest BCUT2D eigenvalue weighted by Crippen LogP contribution is -2.26. The molecule has 104 valence electrons. The van der Waals surface area contributed by atoms with Crippen molar-refractivity contribution in [2.24, 2.45) is 0 Å². The van der Waals surface area contributed by atoms with E-state index in [2.05, 4.69) is 10.3 Å². The molecule has 0 saturated carbocycles. The fourth-order valence-corrected chi connectivity index (χ4v) is 1.64. The molecule has 0 unspecified atom stereocenters. The van der Waals surface area contributed by atoms with Gasteiger partial charge in [-0.2, -0.15) is 0 Å². The Morgan fingerprint density at radius 1 is 1.55 bits per heavy atom. The molecular formula is C12H12N4O4. The lowest BCUT2D eigenvalue weighted by molar-refractivity contribution is -0.385. The first-order valence-electron chi connectivity index (χ1n) is 5.78. The van der Waals surface area contributed by atoms with Crippen LogP contribution in [0.3, 0.4) is 0 Å². The number of rotatable bonds is 5. The van der Waals surface area contributed by atoms with Crippen molar-refractivity contribution in [1.82, 2.24) is 10.3 Å². The van der Waals surface area contributed by atoms with Gasteiger partial charge in [-0.15, -0.1) is 0 Å². The maximum Gasteiger partial charge on any atom is 0.300 e. The summed E-state index contributed by atoms with van der Waals surface area (Å²) in [4.78, 5) is 25.7. The highest BCUT2D eigenvalue weighted by molar-refractivity contribution is 5.98. The molecule has 0 spiro atoms. The summed E-state index contributed by atoms with van der Waals surface area (Å²) in [6.07, 6.45) is 3.00. The van der Waals surface area contributed by atoms with Crippen molar-refractivity contribution in [2.75, 3.05) is 12.3 Å². The first-order chi connectivity index (χ1) is 9.58. The van der Waals surface area contributed by atoms with E-state index in [1.807, 2.05) is 0 Å². The van der Waals surface area contributed by atoms with E-state index in [1.165, 1.54) is 12.3 Å². The van der Waals surface area contributed by atoms with Crippen LogP contribution in [0.4, 0.5) is 11.5 Å². The van der Waals surface area contributed by atoms with Crippen LogP contribution in [0.5, 0.6) is 0 Å². The quantitative estimate of drug-likeness (QED) is 0.623. The fraction of sp³-hybridized carbons (Fsp3) is 0.167. The van der Waals surface area contributed by atoms with Gasteiger partial charge in [0.15, 0.2) is 0 Å². The minimum atomic E-state index is -0.673. The van der Waals surface area contributed by atoms with Crippen molar-refractivity contribution in [1.29, 1.82) is 0 Å². The van der Waals surface area contributed by atoms with Gasteiger partial charge in [-0.1, -0.05) is 0 Å². The van der Waals surface area contributed by atoms with Crippen molar-refractivity contribution >= 4 is 17.4 Å². The summed E-state index contributed by atoms with van der Waals surface area (Å²) < 4.78 is 5.11. The maximum absolute atomic E-state index is 11.9. The zero-order valence-corrected chi connectivity index (χ0v) is 10.4. The summed E-state index contributed by atoms with van der Waals surface area (Å²) in [5.41, 5.74) is 4.95. The Labute approximate surface area is 113 Å². The van der Waals surface area contributed by atoms with E-state index in [9.17, 15) is 14.9 Å². The summed E-state index contributed by atoms with van der Waals surface area (Å²) in [7, 11) is 0. The zero-order valence-electron chi connectivity index (χ0n) is 10.4. The molecule has 0 fully saturated rings. The molecule has 20 heavy (non-hydrogen) atoms. The second-order valence-electron chi connectivity index (χ2n) is 3.97. The topological polar surface area (TPSA) is 124 Å². The predicted molar refractivity (Wildman–Crippen MR) is 70.0 cm³/mol. The van der Waals surface area contributed by atoms with E-state index in [-0.39, 0.29) is 17.1 Å². The molecule has 3 N–H and O–H groups in total. The van der Waals surface area contributed by atoms with Gasteiger partial charge >= 0.3 is 0 Å². The molecule has 2 aromatic rings. The third kappa shape index (κ3) is 3.10. The SMILES string of the molecule is Nc1cc(C(=O)NCCc2ccco2)c([N+](=O)[O-])cn1. The Bertz CT molecular complexity index is 624. The monoisotopic (exact) mass is 276 g/mol. The number of carbonyl (C=O) groups is 1. The summed E-state index contributed by atoms with van der Waals surface area (Å²) in [6, 6.07) is 4.70. The zero-order chi connectivity index (χ0) is 14.5. The van der Waals surface area contributed by atoms with E-state index in [0.717, 1.165) is 6.20 Å². The first kappa shape index (κ1) is 13.5. The molecule has 0 aliphatic rings. The number of amides is 1. The van der Waals surface area contributed by atoms with Gasteiger partial charge in [-0.05, 0) is 18.2 Å². The second kappa shape index (κ2) is 5.83. The third-order valence-electron chi connectivity index (χ3n) is 2.58. The van der Waals surface area contributed by atoms with Gasteiger partial charge in [0.05, 0.1) is 11.2 Å². The highest BCUT2D eigenvalue weighted by Crippen LogP contribution is 2.18. The molecule has 2 rings (SSSR count). The number of nitrogens with two attached hydrogens (primary N) is 1. The number of pyridine rings is 1. The number of hydrogen-bond acceptors (Lipinski definition) is 6. The van der Waals surface area contributed by atoms with Crippen LogP contribution in [0.2, 0.25) is 0 Å². The summed E-state index contributed by atoms with van der Waals surface area (Å²) in [5, 5.41) is 13.4. The Morgan fingerprint density at radius 2 is 2.35 bits per heavy atom. The van der Waals surface area contributed by atoms with Gasteiger partial charge < -0.3 is 15.5 Å². The fourth-order valence-electron chi connectivity index (χ4n) is 1.64. The first-order valence-corrected chi connectivity index (χ1v) is 5.78. The Kier molecular flexibility index (Phi) is 3.94. The highest BCUT2D eigenvalue weighted by atomic mass is 16.6. The van der Waals surface area contributed by atoms with Crippen LogP contribution in [0.25, 0.3) is 0 Å². The van der Waals surface area contributed by atoms with Gasteiger partial charge in [0, 0.05) is 13.0 Å². The summed E-state index contributed by atoms with van der Waals surface area (Å²) in [5.74, 6) is 0.193. The molecule has 2 aromatic heterocycles. The van der Waals surface area contributed by atoms with Gasteiger partial charge in [0.1, 0.15) is 23.3 Å². The van der Waals surface area contributed by atoms with E-state index >= 15 is 0 Å². The van der Waals surface area contributed by atoms with Crippen molar-refractivity contribution in [2.45, 2.75) is 6.42 Å². The number of carbonyl (C=O) groups excluding carboxylic acids is 1. The number of nitrogen functional groups attached to an aromatic ring is 1. The van der Waals surface area contributed by atoms with Gasteiger partial charge in [-0.3, -0.25) is 14.9 Å². The van der Waals surface area contributed by atoms with E-state index in [4.69, 9.17) is 10.2 Å². The molecule has 2 heterocycles. The lowest BCUT2D eigenvalue weighted by atomic mass is 10.2. The van der Waals surface area contributed by atoms with Crippen LogP contribution in [-0.4, -0.2) is 22.4 Å². The molecule has 0 aliphatic heterocycles. The highest BCUT2D eigenvalue weighted by Gasteiger charge is 2.20. The summed E-state index contributed by atoms with van der Waals surface area (Å²) >= 11 is 0. The predicted octanol–water partition coefficient (Wildman–Crippen LogP) is 1.14. The molecule has 0 saturated heterocycles. The molecule has 8 nitrogen and oxygen atoms in total. The molecule has 0 atom stereocenters. The smallest absolute Gasteiger partial charge is 0.300 e. The van der Waals surface area contributed by atoms with E-state index < -0.39 is 10.8 Å². The minimum Gasteiger partial charge on any atom is -0.469 e. The third-order valence-corrected chi connectivity index (χ3v) is 2.58. The Balaban J connectivity index is 2.05. The van der Waals surface area contributed by atoms with Crippen molar-refractivity contribution in [3.8, 4) is 0 Å². The number of nitro groups is 1. The van der Waals surface area contributed by atoms with Gasteiger partial charge in [-0.25, -0.2) is 4.98 Å². The number of hydrogen-bond donors (Lipinski definition) is 2. The van der Waals surface area contributed by atoms with Crippen molar-refractivity contribution < 1.29 is 14.1 Å². The summed E-state index contributed by atoms with van der Waals surface area (Å²) in [6.45, 7) is 0.297. The van der Waals surface area contributed by atoms with E-state index in [1.54, 1.807) is 12.1 Å². The van der Waals surface area contributed by atoms with Gasteiger partial charge in [0.2, 0.25) is 0 Å². The van der Waals surface area contributed by atoms with Crippen LogP contribution in [0.15, 0.2) is 35.1 Å². The number of nitrogens with one attached hydrogen (secondary N) is 1. The van der Waals surface area contributed by atoms with Crippen LogP contribution in [-0.2, 0) is 6.42 Å². The minimum absolute atomic E-state index is 0.0479. The standard InChI is InChI=1S/C12H12N4O4/c13-11-6-9(10(7-15-11)16(18)19)12(17)14-4-3-8-2-1-5-20-8/h1-2,5-7H,3-4H2,(H2,13,15)(H,14,17). The number of furan rings is 1. The molecule has 0 bridgehead atoms. The average Bonchev–Trinajstić information content (AvgIpc) is 2.91. The average molecular weight is 276 g/mol. The van der Waals surface area contributed by atoms with Crippen LogP contribution < -0.4 is 11.1 Å². The lowest BCUT2D eigenvalue weighted by Gasteiger charge is -2.05. The molecule has 1 amide bonds. The van der Waals surface area contributed by atoms with Crippen LogP contribution in [0.1, 0.15) is 16.1 Å². The van der Waals surface area contributed by atoms with E-state index in [0.29, 0.717) is 18.7 Å². The Hall–Kier alpha value is -2.90. The van der Waals surface area contributed by atoms with Crippen LogP contribution >= 0.6 is 0 Å². The molecular weight excluding hydrogens is 264 g/mol. The molecule has 0 aromatic carbocycles. The maximum atomic E-state index is 11.9. The van der Waals surface area contributed by atoms with Crippen LogP contribution in [0, 0.1) is 10.1 Å². The Morgan fingerprint density at radius 3 is 3.00 bits per heavy atom. The van der Waals surface area contributed by atoms with Crippen molar-refractivity contribution in [3.63, 3.8) is 0 Å². The second-order valence-corrected chi connectivity index (χ2v) is 3.97. The molecule has 0 radical (unpaired) electrons. The normalized spacial score (nSPS) is 10.2. The molecule has 8 heteroatoms. The largest absolute Gasteiger partial charge is 0.469 e. The van der Waals surface area contributed by atoms with Crippen molar-refractivity contribution in [3.05, 3.63) is 52.1 Å². The number of aromatic nitrogens is 1. The molecule has 0 aliphatic carbocycles.